The van der Waals surface area contributed by atoms with E-state index in [1.807, 2.05) is 18.2 Å². The van der Waals surface area contributed by atoms with Crippen LogP contribution < -0.4 is 20.3 Å². The standard InChI is InChI=1S/C22H18N4O4/c27-20(24-16-6-2-1-3-7-16)13-26-18-11-17(8-9-19(18)30-14-21(26)28)25-22(29)15-5-4-10-23-12-15/h1-12H,13-14H2,(H,24,27)(H,25,29). The number of rotatable bonds is 5. The van der Waals surface area contributed by atoms with Crippen LogP contribution in [-0.2, 0) is 9.59 Å². The lowest BCUT2D eigenvalue weighted by Gasteiger charge is -2.29. The highest BCUT2D eigenvalue weighted by Crippen LogP contribution is 2.34. The number of nitrogens with one attached hydrogen (secondary N) is 2. The van der Waals surface area contributed by atoms with Crippen molar-refractivity contribution >= 4 is 34.8 Å². The summed E-state index contributed by atoms with van der Waals surface area (Å²) in [5, 5.41) is 5.52. The van der Waals surface area contributed by atoms with Crippen molar-refractivity contribution < 1.29 is 19.1 Å². The van der Waals surface area contributed by atoms with E-state index in [4.69, 9.17) is 4.74 Å². The summed E-state index contributed by atoms with van der Waals surface area (Å²) in [6.45, 7) is -0.336. The Morgan fingerprint density at radius 1 is 1.00 bits per heavy atom. The zero-order valence-electron chi connectivity index (χ0n) is 15.9. The summed E-state index contributed by atoms with van der Waals surface area (Å²) in [6, 6.07) is 17.2. The number of fused-ring (bicyclic) bond motifs is 1. The van der Waals surface area contributed by atoms with Gasteiger partial charge in [-0.1, -0.05) is 18.2 Å². The molecule has 0 atom stereocenters. The highest BCUT2D eigenvalue weighted by atomic mass is 16.5. The lowest BCUT2D eigenvalue weighted by Crippen LogP contribution is -2.43. The second-order valence-electron chi connectivity index (χ2n) is 6.56. The molecule has 8 heteroatoms. The molecule has 8 nitrogen and oxygen atoms in total. The van der Waals surface area contributed by atoms with Gasteiger partial charge in [0.25, 0.3) is 11.8 Å². The summed E-state index contributed by atoms with van der Waals surface area (Å²) in [5.74, 6) is -0.561. The van der Waals surface area contributed by atoms with Gasteiger partial charge >= 0.3 is 0 Å². The SMILES string of the molecule is O=C(CN1C(=O)COc2ccc(NC(=O)c3cccnc3)cc21)Nc1ccccc1. The number of para-hydroxylation sites is 1. The van der Waals surface area contributed by atoms with E-state index in [0.717, 1.165) is 0 Å². The summed E-state index contributed by atoms with van der Waals surface area (Å²) in [6.07, 6.45) is 3.04. The number of carbonyl (C=O) groups excluding carboxylic acids is 3. The zero-order valence-corrected chi connectivity index (χ0v) is 15.9. The minimum absolute atomic E-state index is 0.160. The van der Waals surface area contributed by atoms with Gasteiger partial charge < -0.3 is 15.4 Å². The molecule has 2 N–H and O–H groups in total. The van der Waals surface area contributed by atoms with E-state index in [9.17, 15) is 14.4 Å². The Balaban J connectivity index is 1.53. The van der Waals surface area contributed by atoms with Crippen LogP contribution in [0.2, 0.25) is 0 Å². The number of ether oxygens (including phenoxy) is 1. The van der Waals surface area contributed by atoms with Crippen LogP contribution in [0.3, 0.4) is 0 Å². The lowest BCUT2D eigenvalue weighted by molar-refractivity contribution is -0.123. The van der Waals surface area contributed by atoms with Crippen LogP contribution in [0.1, 0.15) is 10.4 Å². The van der Waals surface area contributed by atoms with Gasteiger partial charge in [-0.25, -0.2) is 0 Å². The van der Waals surface area contributed by atoms with Gasteiger partial charge in [0, 0.05) is 23.8 Å². The van der Waals surface area contributed by atoms with Crippen molar-refractivity contribution in [1.82, 2.24) is 4.98 Å². The van der Waals surface area contributed by atoms with Gasteiger partial charge in [0.15, 0.2) is 6.61 Å². The predicted molar refractivity (Wildman–Crippen MR) is 112 cm³/mol. The first-order valence-corrected chi connectivity index (χ1v) is 9.23. The molecule has 0 aliphatic carbocycles. The number of hydrogen-bond acceptors (Lipinski definition) is 5. The monoisotopic (exact) mass is 402 g/mol. The molecular formula is C22H18N4O4. The topological polar surface area (TPSA) is 101 Å². The maximum absolute atomic E-state index is 12.5. The lowest BCUT2D eigenvalue weighted by atomic mass is 10.2. The molecule has 0 saturated heterocycles. The second kappa shape index (κ2) is 8.44. The second-order valence-corrected chi connectivity index (χ2v) is 6.56. The quantitative estimate of drug-likeness (QED) is 0.683. The van der Waals surface area contributed by atoms with E-state index in [2.05, 4.69) is 15.6 Å². The largest absolute Gasteiger partial charge is 0.482 e. The molecule has 1 aliphatic heterocycles. The van der Waals surface area contributed by atoms with Gasteiger partial charge in [0.1, 0.15) is 12.3 Å². The minimum Gasteiger partial charge on any atom is -0.482 e. The first kappa shape index (κ1) is 19.1. The van der Waals surface area contributed by atoms with E-state index >= 15 is 0 Å². The molecule has 0 fully saturated rings. The van der Waals surface area contributed by atoms with Gasteiger partial charge in [0.2, 0.25) is 5.91 Å². The fourth-order valence-corrected chi connectivity index (χ4v) is 3.02. The van der Waals surface area contributed by atoms with Crippen LogP contribution in [-0.4, -0.2) is 35.9 Å². The van der Waals surface area contributed by atoms with Crippen molar-refractivity contribution in [1.29, 1.82) is 0 Å². The number of nitrogens with zero attached hydrogens (tertiary/aromatic N) is 2. The predicted octanol–water partition coefficient (Wildman–Crippen LogP) is 2.70. The van der Waals surface area contributed by atoms with Crippen LogP contribution in [0.5, 0.6) is 5.75 Å². The van der Waals surface area contributed by atoms with Crippen LogP contribution in [0.15, 0.2) is 73.1 Å². The van der Waals surface area contributed by atoms with Crippen LogP contribution >= 0.6 is 0 Å². The van der Waals surface area contributed by atoms with E-state index in [1.54, 1.807) is 48.7 Å². The van der Waals surface area contributed by atoms with Crippen molar-refractivity contribution in [3.05, 3.63) is 78.6 Å². The molecule has 0 spiro atoms. The van der Waals surface area contributed by atoms with Crippen molar-refractivity contribution in [3.63, 3.8) is 0 Å². The highest BCUT2D eigenvalue weighted by Gasteiger charge is 2.28. The Morgan fingerprint density at radius 3 is 2.60 bits per heavy atom. The fourth-order valence-electron chi connectivity index (χ4n) is 3.02. The number of amides is 3. The third-order valence-electron chi connectivity index (χ3n) is 4.44. The van der Waals surface area contributed by atoms with Gasteiger partial charge in [-0.15, -0.1) is 0 Å². The number of benzene rings is 2. The number of aromatic nitrogens is 1. The number of hydrogen-bond donors (Lipinski definition) is 2. The third kappa shape index (κ3) is 4.27. The van der Waals surface area contributed by atoms with E-state index < -0.39 is 0 Å². The Bertz CT molecular complexity index is 1090. The molecule has 0 unspecified atom stereocenters. The summed E-state index contributed by atoms with van der Waals surface area (Å²) < 4.78 is 5.46. The van der Waals surface area contributed by atoms with Crippen molar-refractivity contribution in [2.24, 2.45) is 0 Å². The van der Waals surface area contributed by atoms with E-state index in [0.29, 0.717) is 28.4 Å². The first-order valence-electron chi connectivity index (χ1n) is 9.23. The zero-order chi connectivity index (χ0) is 20.9. The van der Waals surface area contributed by atoms with Crippen molar-refractivity contribution in [3.8, 4) is 5.75 Å². The van der Waals surface area contributed by atoms with Crippen LogP contribution in [0, 0.1) is 0 Å². The Labute approximate surface area is 172 Å². The number of carbonyl (C=O) groups is 3. The third-order valence-corrected chi connectivity index (χ3v) is 4.44. The molecule has 3 amide bonds. The molecule has 30 heavy (non-hydrogen) atoms. The molecule has 0 saturated carbocycles. The number of anilines is 3. The summed E-state index contributed by atoms with van der Waals surface area (Å²) in [5.41, 5.74) is 1.93. The fraction of sp³-hybridized carbons (Fsp3) is 0.0909. The molecule has 1 aromatic heterocycles. The average Bonchev–Trinajstić information content (AvgIpc) is 2.77. The van der Waals surface area contributed by atoms with Gasteiger partial charge in [0.05, 0.1) is 11.3 Å². The maximum atomic E-state index is 12.5. The molecule has 1 aliphatic rings. The first-order chi connectivity index (χ1) is 14.6. The average molecular weight is 402 g/mol. The van der Waals surface area contributed by atoms with Crippen LogP contribution in [0.4, 0.5) is 17.1 Å². The highest BCUT2D eigenvalue weighted by molar-refractivity contribution is 6.07. The Morgan fingerprint density at radius 2 is 1.83 bits per heavy atom. The van der Waals surface area contributed by atoms with Crippen molar-refractivity contribution in [2.45, 2.75) is 0 Å². The molecule has 2 aromatic carbocycles. The smallest absolute Gasteiger partial charge is 0.265 e. The van der Waals surface area contributed by atoms with E-state index in [-0.39, 0.29) is 30.9 Å². The Hall–Kier alpha value is -4.20. The molecule has 150 valence electrons. The maximum Gasteiger partial charge on any atom is 0.265 e. The molecule has 2 heterocycles. The summed E-state index contributed by atoms with van der Waals surface area (Å²) >= 11 is 0. The molecule has 4 rings (SSSR count). The van der Waals surface area contributed by atoms with Gasteiger partial charge in [-0.05, 0) is 42.5 Å². The van der Waals surface area contributed by atoms with Gasteiger partial charge in [-0.2, -0.15) is 0 Å². The normalized spacial score (nSPS) is 12.5. The van der Waals surface area contributed by atoms with Crippen LogP contribution in [0.25, 0.3) is 0 Å². The molecule has 0 radical (unpaired) electrons. The summed E-state index contributed by atoms with van der Waals surface area (Å²) in [7, 11) is 0. The molecule has 0 bridgehead atoms. The van der Waals surface area contributed by atoms with Gasteiger partial charge in [-0.3, -0.25) is 24.3 Å². The Kier molecular flexibility index (Phi) is 5.38. The summed E-state index contributed by atoms with van der Waals surface area (Å²) in [4.78, 5) is 42.5. The minimum atomic E-state index is -0.346. The molecular weight excluding hydrogens is 384 g/mol. The van der Waals surface area contributed by atoms with Crippen molar-refractivity contribution in [2.75, 3.05) is 28.7 Å². The van der Waals surface area contributed by atoms with E-state index in [1.165, 1.54) is 11.1 Å². The molecule has 3 aromatic rings. The number of pyridine rings is 1.